The van der Waals surface area contributed by atoms with Gasteiger partial charge in [0.1, 0.15) is 0 Å². The first-order valence-corrected chi connectivity index (χ1v) is 7.62. The number of aromatic nitrogens is 1. The first-order chi connectivity index (χ1) is 8.92. The van der Waals surface area contributed by atoms with E-state index in [0.29, 0.717) is 0 Å². The molecule has 1 saturated heterocycles. The molecule has 2 nitrogen and oxygen atoms in total. The molecule has 1 aliphatic rings. The van der Waals surface area contributed by atoms with Crippen LogP contribution in [0.4, 0.5) is 0 Å². The van der Waals surface area contributed by atoms with Crippen LogP contribution in [0.25, 0.3) is 10.8 Å². The molecule has 0 amide bonds. The van der Waals surface area contributed by atoms with Gasteiger partial charge >= 0.3 is 0 Å². The fourth-order valence-corrected chi connectivity index (χ4v) is 3.66. The van der Waals surface area contributed by atoms with Crippen LogP contribution in [0, 0.1) is 0 Å². The normalized spacial score (nSPS) is 19.4. The number of rotatable bonds is 4. The Balaban J connectivity index is 1.60. The maximum absolute atomic E-state index is 4.14. The Kier molecular flexibility index (Phi) is 3.81. The molecule has 1 atom stereocenters. The van der Waals surface area contributed by atoms with E-state index < -0.39 is 0 Å². The number of pyridine rings is 1. The van der Waals surface area contributed by atoms with Gasteiger partial charge in [-0.1, -0.05) is 12.1 Å². The molecule has 1 fully saturated rings. The highest BCUT2D eigenvalue weighted by Crippen LogP contribution is 2.25. The summed E-state index contributed by atoms with van der Waals surface area (Å²) >= 11 is 2.11. The van der Waals surface area contributed by atoms with Crippen LogP contribution < -0.4 is 5.32 Å². The van der Waals surface area contributed by atoms with E-state index in [2.05, 4.69) is 46.3 Å². The number of thioether (sulfide) groups is 1. The third-order valence-electron chi connectivity index (χ3n) is 3.43. The van der Waals surface area contributed by atoms with Crippen LogP contribution in [-0.2, 0) is 6.54 Å². The molecular weight excluding hydrogens is 240 g/mol. The van der Waals surface area contributed by atoms with Crippen LogP contribution in [0.3, 0.4) is 0 Å². The quantitative estimate of drug-likeness (QED) is 0.911. The van der Waals surface area contributed by atoms with Gasteiger partial charge in [-0.05, 0) is 41.7 Å². The lowest BCUT2D eigenvalue weighted by Crippen LogP contribution is -2.22. The first kappa shape index (κ1) is 12.0. The molecule has 1 unspecified atom stereocenters. The summed E-state index contributed by atoms with van der Waals surface area (Å²) in [5.41, 5.74) is 1.36. The van der Waals surface area contributed by atoms with E-state index in [-0.39, 0.29) is 0 Å². The molecule has 1 aromatic heterocycles. The van der Waals surface area contributed by atoms with E-state index in [1.807, 2.05) is 12.4 Å². The van der Waals surface area contributed by atoms with Crippen LogP contribution in [0.1, 0.15) is 18.4 Å². The van der Waals surface area contributed by atoms with Crippen molar-refractivity contribution in [3.05, 3.63) is 42.2 Å². The molecule has 1 aromatic carbocycles. The Labute approximate surface area is 112 Å². The van der Waals surface area contributed by atoms with Crippen molar-refractivity contribution in [3.8, 4) is 0 Å². The maximum atomic E-state index is 4.14. The van der Waals surface area contributed by atoms with Gasteiger partial charge in [0, 0.05) is 36.1 Å². The molecule has 1 N–H and O–H groups in total. The summed E-state index contributed by atoms with van der Waals surface area (Å²) in [7, 11) is 0. The second kappa shape index (κ2) is 5.72. The van der Waals surface area contributed by atoms with E-state index in [1.54, 1.807) is 0 Å². The van der Waals surface area contributed by atoms with Gasteiger partial charge in [0.2, 0.25) is 0 Å². The molecular formula is C15H18N2S. The average Bonchev–Trinajstić information content (AvgIpc) is 2.92. The Hall–Kier alpha value is -1.06. The Bertz CT molecular complexity index is 521. The zero-order chi connectivity index (χ0) is 12.2. The lowest BCUT2D eigenvalue weighted by molar-refractivity contribution is 0.646. The van der Waals surface area contributed by atoms with Crippen LogP contribution in [0.5, 0.6) is 0 Å². The fraction of sp³-hybridized carbons (Fsp3) is 0.400. The van der Waals surface area contributed by atoms with Crippen molar-refractivity contribution in [1.29, 1.82) is 0 Å². The molecule has 2 aromatic rings. The molecule has 2 heterocycles. The van der Waals surface area contributed by atoms with Gasteiger partial charge < -0.3 is 5.32 Å². The Morgan fingerprint density at radius 1 is 1.28 bits per heavy atom. The summed E-state index contributed by atoms with van der Waals surface area (Å²) in [6.07, 6.45) is 6.54. The fourth-order valence-electron chi connectivity index (χ4n) is 2.43. The highest BCUT2D eigenvalue weighted by molar-refractivity contribution is 8.00. The van der Waals surface area contributed by atoms with Crippen LogP contribution in [0.15, 0.2) is 36.7 Å². The van der Waals surface area contributed by atoms with Crippen molar-refractivity contribution in [2.45, 2.75) is 24.6 Å². The summed E-state index contributed by atoms with van der Waals surface area (Å²) in [6.45, 7) is 2.11. The molecule has 3 rings (SSSR count). The van der Waals surface area contributed by atoms with Crippen LogP contribution >= 0.6 is 11.8 Å². The highest BCUT2D eigenvalue weighted by Gasteiger charge is 2.14. The van der Waals surface area contributed by atoms with Gasteiger partial charge in [0.05, 0.1) is 0 Å². The lowest BCUT2D eigenvalue weighted by atomic mass is 10.1. The van der Waals surface area contributed by atoms with E-state index in [9.17, 15) is 0 Å². The zero-order valence-corrected chi connectivity index (χ0v) is 11.2. The SMILES string of the molecule is c1cc2cc(CNCC3CCCS3)ccc2cn1. The van der Waals surface area contributed by atoms with Gasteiger partial charge in [-0.2, -0.15) is 11.8 Å². The van der Waals surface area contributed by atoms with Crippen LogP contribution in [0.2, 0.25) is 0 Å². The van der Waals surface area contributed by atoms with Crippen molar-refractivity contribution in [2.24, 2.45) is 0 Å². The summed E-state index contributed by atoms with van der Waals surface area (Å²) in [4.78, 5) is 4.14. The Morgan fingerprint density at radius 3 is 3.17 bits per heavy atom. The third kappa shape index (κ3) is 2.85. The third-order valence-corrected chi connectivity index (χ3v) is 4.83. The summed E-state index contributed by atoms with van der Waals surface area (Å²) in [6, 6.07) is 8.68. The van der Waals surface area contributed by atoms with Gasteiger partial charge in [-0.25, -0.2) is 0 Å². The standard InChI is InChI=1S/C15H18N2S/c1-2-15(18-7-1)11-17-9-12-3-4-14-10-16-6-5-13(14)8-12/h3-6,8,10,15,17H,1-2,7,9,11H2. The number of fused-ring (bicyclic) bond motifs is 1. The second-order valence-corrected chi connectivity index (χ2v) is 6.23. The molecule has 3 heteroatoms. The number of benzene rings is 1. The van der Waals surface area contributed by atoms with E-state index in [0.717, 1.165) is 18.3 Å². The van der Waals surface area contributed by atoms with Crippen molar-refractivity contribution in [2.75, 3.05) is 12.3 Å². The van der Waals surface area contributed by atoms with Gasteiger partial charge in [-0.15, -0.1) is 0 Å². The van der Waals surface area contributed by atoms with E-state index in [4.69, 9.17) is 0 Å². The zero-order valence-electron chi connectivity index (χ0n) is 10.4. The molecule has 0 spiro atoms. The Morgan fingerprint density at radius 2 is 2.28 bits per heavy atom. The molecule has 0 bridgehead atoms. The number of nitrogens with one attached hydrogen (secondary N) is 1. The van der Waals surface area contributed by atoms with E-state index in [1.165, 1.54) is 34.9 Å². The minimum atomic E-state index is 0.828. The van der Waals surface area contributed by atoms with Crippen molar-refractivity contribution in [1.82, 2.24) is 10.3 Å². The van der Waals surface area contributed by atoms with Crippen molar-refractivity contribution >= 4 is 22.5 Å². The minimum Gasteiger partial charge on any atom is -0.312 e. The smallest absolute Gasteiger partial charge is 0.0346 e. The largest absolute Gasteiger partial charge is 0.312 e. The minimum absolute atomic E-state index is 0.828. The molecule has 94 valence electrons. The highest BCUT2D eigenvalue weighted by atomic mass is 32.2. The molecule has 18 heavy (non-hydrogen) atoms. The van der Waals surface area contributed by atoms with Gasteiger partial charge in [0.15, 0.2) is 0 Å². The summed E-state index contributed by atoms with van der Waals surface area (Å²) in [5, 5.41) is 6.89. The summed E-state index contributed by atoms with van der Waals surface area (Å²) < 4.78 is 0. The van der Waals surface area contributed by atoms with Crippen LogP contribution in [-0.4, -0.2) is 22.5 Å². The lowest BCUT2D eigenvalue weighted by Gasteiger charge is -2.10. The summed E-state index contributed by atoms with van der Waals surface area (Å²) in [5.74, 6) is 1.34. The van der Waals surface area contributed by atoms with Crippen molar-refractivity contribution in [3.63, 3.8) is 0 Å². The second-order valence-electron chi connectivity index (χ2n) is 4.82. The van der Waals surface area contributed by atoms with Gasteiger partial charge in [0.25, 0.3) is 0 Å². The van der Waals surface area contributed by atoms with Gasteiger partial charge in [-0.3, -0.25) is 4.98 Å². The molecule has 0 saturated carbocycles. The first-order valence-electron chi connectivity index (χ1n) is 6.57. The van der Waals surface area contributed by atoms with Crippen molar-refractivity contribution < 1.29 is 0 Å². The average molecular weight is 258 g/mol. The monoisotopic (exact) mass is 258 g/mol. The number of hydrogen-bond acceptors (Lipinski definition) is 3. The predicted octanol–water partition coefficient (Wildman–Crippen LogP) is 3.22. The number of hydrogen-bond donors (Lipinski definition) is 1. The number of nitrogens with zero attached hydrogens (tertiary/aromatic N) is 1. The predicted molar refractivity (Wildman–Crippen MR) is 78.9 cm³/mol. The maximum Gasteiger partial charge on any atom is 0.0346 e. The van der Waals surface area contributed by atoms with E-state index >= 15 is 0 Å². The topological polar surface area (TPSA) is 24.9 Å². The molecule has 0 aliphatic carbocycles. The molecule has 0 radical (unpaired) electrons. The molecule has 1 aliphatic heterocycles.